The van der Waals surface area contributed by atoms with Crippen LogP contribution in [0.3, 0.4) is 0 Å². The normalized spacial score (nSPS) is 13.1. The maximum atomic E-state index is 4.59. The van der Waals surface area contributed by atoms with E-state index in [1.165, 1.54) is 0 Å². The monoisotopic (exact) mass is 235 g/mol. The first kappa shape index (κ1) is 10.8. The average molecular weight is 235 g/mol. The smallest absolute Gasteiger partial charge is 0.100 e. The molecule has 3 heteroatoms. The molecule has 3 nitrogen and oxygen atoms in total. The van der Waals surface area contributed by atoms with Crippen molar-refractivity contribution in [3.05, 3.63) is 71.5 Å². The van der Waals surface area contributed by atoms with Crippen molar-refractivity contribution in [1.29, 1.82) is 0 Å². The molecule has 0 aliphatic heterocycles. The molecule has 2 aromatic rings. The van der Waals surface area contributed by atoms with Crippen LogP contribution in [0.4, 0.5) is 0 Å². The molecule has 0 radical (unpaired) electrons. The zero-order valence-electron chi connectivity index (χ0n) is 10.2. The summed E-state index contributed by atoms with van der Waals surface area (Å²) in [5, 5.41) is 4.59. The molecule has 1 aliphatic rings. The molecular weight excluding hydrogens is 222 g/mol. The molecule has 0 saturated heterocycles. The summed E-state index contributed by atoms with van der Waals surface area (Å²) in [5.41, 5.74) is 7.32. The third-order valence-electron chi connectivity index (χ3n) is 2.89. The Labute approximate surface area is 106 Å². The molecule has 3 rings (SSSR count). The van der Waals surface area contributed by atoms with E-state index in [1.54, 1.807) is 6.20 Å². The zero-order valence-corrected chi connectivity index (χ0v) is 10.2. The van der Waals surface area contributed by atoms with Crippen molar-refractivity contribution in [2.24, 2.45) is 0 Å². The SMILES string of the molecule is Cc1cc(C2=C=CC=C2)nn1Cc1ccccn1. The molecule has 0 amide bonds. The van der Waals surface area contributed by atoms with Crippen molar-refractivity contribution in [2.75, 3.05) is 0 Å². The molecule has 88 valence electrons. The van der Waals surface area contributed by atoms with Gasteiger partial charge in [0.2, 0.25) is 0 Å². The number of aryl methyl sites for hydroxylation is 1. The Hall–Kier alpha value is -2.38. The van der Waals surface area contributed by atoms with Crippen LogP contribution in [0.1, 0.15) is 17.1 Å². The predicted octanol–water partition coefficient (Wildman–Crippen LogP) is 2.74. The van der Waals surface area contributed by atoms with Crippen LogP contribution in [0.5, 0.6) is 0 Å². The Bertz CT molecular complexity index is 656. The molecule has 2 heterocycles. The molecule has 1 aliphatic carbocycles. The first-order valence-corrected chi connectivity index (χ1v) is 5.91. The van der Waals surface area contributed by atoms with Gasteiger partial charge >= 0.3 is 0 Å². The first-order chi connectivity index (χ1) is 8.83. The van der Waals surface area contributed by atoms with E-state index < -0.39 is 0 Å². The van der Waals surface area contributed by atoms with Crippen molar-refractivity contribution in [3.8, 4) is 0 Å². The molecule has 0 fully saturated rings. The van der Waals surface area contributed by atoms with Crippen LogP contribution in [-0.4, -0.2) is 14.8 Å². The van der Waals surface area contributed by atoms with E-state index in [9.17, 15) is 0 Å². The highest BCUT2D eigenvalue weighted by Crippen LogP contribution is 2.17. The van der Waals surface area contributed by atoms with Crippen molar-refractivity contribution in [1.82, 2.24) is 14.8 Å². The highest BCUT2D eigenvalue weighted by molar-refractivity contribution is 5.74. The Balaban J connectivity index is 1.90. The van der Waals surface area contributed by atoms with Crippen LogP contribution in [0.2, 0.25) is 0 Å². The predicted molar refractivity (Wildman–Crippen MR) is 70.9 cm³/mol. The third kappa shape index (κ3) is 2.04. The second kappa shape index (κ2) is 4.47. The Kier molecular flexibility index (Phi) is 2.67. The minimum atomic E-state index is 0.702. The van der Waals surface area contributed by atoms with Gasteiger partial charge in [-0.05, 0) is 37.3 Å². The second-order valence-corrected chi connectivity index (χ2v) is 4.23. The van der Waals surface area contributed by atoms with Gasteiger partial charge in [-0.15, -0.1) is 5.73 Å². The van der Waals surface area contributed by atoms with Crippen LogP contribution in [0.15, 0.2) is 54.4 Å². The Morgan fingerprint density at radius 3 is 3.00 bits per heavy atom. The lowest BCUT2D eigenvalue weighted by molar-refractivity contribution is 0.650. The van der Waals surface area contributed by atoms with Gasteiger partial charge in [0.05, 0.1) is 12.2 Å². The topological polar surface area (TPSA) is 30.7 Å². The fraction of sp³-hybridized carbons (Fsp3) is 0.133. The molecule has 0 bridgehead atoms. The number of aromatic nitrogens is 3. The van der Waals surface area contributed by atoms with Crippen LogP contribution in [0.25, 0.3) is 5.57 Å². The summed E-state index contributed by atoms with van der Waals surface area (Å²) in [4.78, 5) is 4.32. The highest BCUT2D eigenvalue weighted by atomic mass is 15.3. The van der Waals surface area contributed by atoms with E-state index in [-0.39, 0.29) is 0 Å². The van der Waals surface area contributed by atoms with Gasteiger partial charge in [0.15, 0.2) is 0 Å². The molecule has 0 unspecified atom stereocenters. The zero-order chi connectivity index (χ0) is 12.4. The van der Waals surface area contributed by atoms with E-state index in [0.717, 1.165) is 22.7 Å². The molecule has 0 N–H and O–H groups in total. The number of hydrogen-bond acceptors (Lipinski definition) is 2. The summed E-state index contributed by atoms with van der Waals surface area (Å²) in [7, 11) is 0. The molecule has 0 spiro atoms. The number of allylic oxidation sites excluding steroid dienone is 3. The van der Waals surface area contributed by atoms with Crippen molar-refractivity contribution in [3.63, 3.8) is 0 Å². The van der Waals surface area contributed by atoms with E-state index in [0.29, 0.717) is 6.54 Å². The van der Waals surface area contributed by atoms with E-state index >= 15 is 0 Å². The van der Waals surface area contributed by atoms with E-state index in [2.05, 4.69) is 28.8 Å². The summed E-state index contributed by atoms with van der Waals surface area (Å²) in [6.45, 7) is 2.76. The van der Waals surface area contributed by atoms with Crippen LogP contribution >= 0.6 is 0 Å². The molecule has 0 aromatic carbocycles. The number of rotatable bonds is 3. The maximum absolute atomic E-state index is 4.59. The Morgan fingerprint density at radius 1 is 1.33 bits per heavy atom. The summed E-state index contributed by atoms with van der Waals surface area (Å²) in [6.07, 6.45) is 7.71. The summed E-state index contributed by atoms with van der Waals surface area (Å²) in [6, 6.07) is 8.00. The lowest BCUT2D eigenvalue weighted by Crippen LogP contribution is -2.05. The van der Waals surface area contributed by atoms with Crippen molar-refractivity contribution >= 4 is 5.57 Å². The summed E-state index contributed by atoms with van der Waals surface area (Å²) in [5.74, 6) is 0. The standard InChI is InChI=1S/C15H13N3/c1-12-10-15(13-6-2-3-7-13)17-18(12)11-14-8-4-5-9-16-14/h2-6,8-10H,11H2,1H3. The fourth-order valence-corrected chi connectivity index (χ4v) is 1.94. The quantitative estimate of drug-likeness (QED) is 0.766. The van der Waals surface area contributed by atoms with Gasteiger partial charge in [0.25, 0.3) is 0 Å². The lowest BCUT2D eigenvalue weighted by atomic mass is 10.2. The van der Waals surface area contributed by atoms with Gasteiger partial charge in [-0.2, -0.15) is 5.10 Å². The Morgan fingerprint density at radius 2 is 2.28 bits per heavy atom. The second-order valence-electron chi connectivity index (χ2n) is 4.23. The third-order valence-corrected chi connectivity index (χ3v) is 2.89. The lowest BCUT2D eigenvalue weighted by Gasteiger charge is -2.02. The highest BCUT2D eigenvalue weighted by Gasteiger charge is 2.08. The van der Waals surface area contributed by atoms with Gasteiger partial charge < -0.3 is 0 Å². The average Bonchev–Trinajstić information content (AvgIpc) is 3.01. The molecule has 0 atom stereocenters. The van der Waals surface area contributed by atoms with Gasteiger partial charge in [-0.25, -0.2) is 0 Å². The molecule has 2 aromatic heterocycles. The largest absolute Gasteiger partial charge is 0.263 e. The van der Waals surface area contributed by atoms with Crippen molar-refractivity contribution < 1.29 is 0 Å². The maximum Gasteiger partial charge on any atom is 0.100 e. The minimum absolute atomic E-state index is 0.702. The number of pyridine rings is 1. The number of nitrogens with zero attached hydrogens (tertiary/aromatic N) is 3. The van der Waals surface area contributed by atoms with Crippen molar-refractivity contribution in [2.45, 2.75) is 13.5 Å². The van der Waals surface area contributed by atoms with Gasteiger partial charge in [-0.3, -0.25) is 9.67 Å². The van der Waals surface area contributed by atoms with Gasteiger partial charge in [0.1, 0.15) is 5.69 Å². The molecule has 0 saturated carbocycles. The van der Waals surface area contributed by atoms with Crippen LogP contribution < -0.4 is 0 Å². The minimum Gasteiger partial charge on any atom is -0.263 e. The molecular formula is C15H13N3. The van der Waals surface area contributed by atoms with Crippen LogP contribution in [0, 0.1) is 6.92 Å². The van der Waals surface area contributed by atoms with Gasteiger partial charge in [-0.1, -0.05) is 12.1 Å². The number of hydrogen-bond donors (Lipinski definition) is 0. The van der Waals surface area contributed by atoms with Crippen LogP contribution in [-0.2, 0) is 6.54 Å². The first-order valence-electron chi connectivity index (χ1n) is 5.91. The summed E-state index contributed by atoms with van der Waals surface area (Å²) < 4.78 is 1.97. The van der Waals surface area contributed by atoms with Gasteiger partial charge in [0, 0.05) is 17.5 Å². The summed E-state index contributed by atoms with van der Waals surface area (Å²) >= 11 is 0. The fourth-order valence-electron chi connectivity index (χ4n) is 1.94. The molecule has 18 heavy (non-hydrogen) atoms. The van der Waals surface area contributed by atoms with E-state index in [1.807, 2.05) is 41.1 Å². The van der Waals surface area contributed by atoms with E-state index in [4.69, 9.17) is 0 Å².